The Morgan fingerprint density at radius 2 is 1.63 bits per heavy atom. The van der Waals surface area contributed by atoms with Gasteiger partial charge in [-0.1, -0.05) is 48.5 Å². The molecule has 1 saturated carbocycles. The molecule has 2 aromatic rings. The first-order valence-electron chi connectivity index (χ1n) is 11.1. The van der Waals surface area contributed by atoms with Gasteiger partial charge in [0, 0.05) is 36.7 Å². The highest BCUT2D eigenvalue weighted by Gasteiger charge is 2.40. The Bertz CT molecular complexity index is 808. The molecule has 0 unspecified atom stereocenters. The van der Waals surface area contributed by atoms with E-state index in [2.05, 4.69) is 34.5 Å². The maximum Gasteiger partial charge on any atom is 0.251 e. The van der Waals surface area contributed by atoms with E-state index >= 15 is 0 Å². The predicted molar refractivity (Wildman–Crippen MR) is 118 cm³/mol. The van der Waals surface area contributed by atoms with Gasteiger partial charge in [-0.15, -0.1) is 0 Å². The topological polar surface area (TPSA) is 61.8 Å². The molecule has 2 aromatic carbocycles. The van der Waals surface area contributed by atoms with Crippen LogP contribution in [0.25, 0.3) is 0 Å². The van der Waals surface area contributed by atoms with E-state index in [9.17, 15) is 9.90 Å². The van der Waals surface area contributed by atoms with Crippen molar-refractivity contribution >= 4 is 5.91 Å². The Morgan fingerprint density at radius 1 is 1.00 bits per heavy atom. The van der Waals surface area contributed by atoms with E-state index in [-0.39, 0.29) is 23.5 Å². The molecule has 1 heterocycles. The van der Waals surface area contributed by atoms with Crippen LogP contribution in [-0.4, -0.2) is 60.9 Å². The minimum absolute atomic E-state index is 0.0413. The summed E-state index contributed by atoms with van der Waals surface area (Å²) >= 11 is 0. The highest BCUT2D eigenvalue weighted by molar-refractivity contribution is 5.94. The Labute approximate surface area is 179 Å². The molecule has 2 fully saturated rings. The lowest BCUT2D eigenvalue weighted by Crippen LogP contribution is -2.48. The molecule has 3 atom stereocenters. The smallest absolute Gasteiger partial charge is 0.251 e. The van der Waals surface area contributed by atoms with E-state index in [4.69, 9.17) is 4.74 Å². The summed E-state index contributed by atoms with van der Waals surface area (Å²) in [5, 5.41) is 14.2. The summed E-state index contributed by atoms with van der Waals surface area (Å²) in [5.41, 5.74) is 1.75. The lowest BCUT2D eigenvalue weighted by molar-refractivity contribution is -0.0236. The molecule has 4 rings (SSSR count). The van der Waals surface area contributed by atoms with Gasteiger partial charge in [-0.2, -0.15) is 0 Å². The number of rotatable bonds is 5. The maximum atomic E-state index is 12.7. The van der Waals surface area contributed by atoms with Gasteiger partial charge in [0.25, 0.3) is 5.91 Å². The third-order valence-corrected chi connectivity index (χ3v) is 6.81. The Hall–Kier alpha value is -2.21. The second kappa shape index (κ2) is 9.73. The lowest BCUT2D eigenvalue weighted by atomic mass is 9.74. The zero-order valence-corrected chi connectivity index (χ0v) is 17.5. The van der Waals surface area contributed by atoms with Crippen LogP contribution < -0.4 is 5.32 Å². The van der Waals surface area contributed by atoms with Gasteiger partial charge in [0.05, 0.1) is 19.3 Å². The van der Waals surface area contributed by atoms with Gasteiger partial charge in [0.15, 0.2) is 0 Å². The number of hydrogen-bond donors (Lipinski definition) is 2. The maximum absolute atomic E-state index is 12.7. The Balaban J connectivity index is 1.53. The van der Waals surface area contributed by atoms with Crippen LogP contribution in [0.1, 0.15) is 41.6 Å². The number of benzene rings is 2. The zero-order chi connectivity index (χ0) is 20.8. The molecule has 0 radical (unpaired) electrons. The molecular weight excluding hydrogens is 376 g/mol. The van der Waals surface area contributed by atoms with Crippen molar-refractivity contribution in [3.63, 3.8) is 0 Å². The molecular formula is C25H32N2O3. The number of nitrogens with one attached hydrogen (secondary N) is 1. The van der Waals surface area contributed by atoms with Crippen molar-refractivity contribution in [2.75, 3.05) is 32.8 Å². The Morgan fingerprint density at radius 3 is 2.33 bits per heavy atom. The van der Waals surface area contributed by atoms with Crippen molar-refractivity contribution in [1.29, 1.82) is 0 Å². The average Bonchev–Trinajstić information content (AvgIpc) is 2.99. The summed E-state index contributed by atoms with van der Waals surface area (Å²) in [4.78, 5) is 15.1. The molecule has 2 N–H and O–H groups in total. The number of carbonyl (C=O) groups excluding carboxylic acids is 1. The molecule has 5 heteroatoms. The van der Waals surface area contributed by atoms with Crippen molar-refractivity contribution in [2.45, 2.75) is 43.2 Å². The van der Waals surface area contributed by atoms with Crippen molar-refractivity contribution in [1.82, 2.24) is 10.2 Å². The number of amides is 1. The third kappa shape index (κ3) is 4.75. The van der Waals surface area contributed by atoms with Gasteiger partial charge in [-0.05, 0) is 43.4 Å². The number of carbonyl (C=O) groups is 1. The van der Waals surface area contributed by atoms with Crippen molar-refractivity contribution in [3.8, 4) is 0 Å². The fourth-order valence-electron chi connectivity index (χ4n) is 4.99. The molecule has 1 saturated heterocycles. The second-order valence-electron chi connectivity index (χ2n) is 8.56. The number of morpholine rings is 1. The summed E-state index contributed by atoms with van der Waals surface area (Å²) < 4.78 is 5.50. The molecule has 1 aliphatic carbocycles. The van der Waals surface area contributed by atoms with E-state index in [0.29, 0.717) is 12.1 Å². The summed E-state index contributed by atoms with van der Waals surface area (Å²) in [6.07, 6.45) is 3.09. The first-order chi connectivity index (χ1) is 14.7. The molecule has 0 bridgehead atoms. The molecule has 5 nitrogen and oxygen atoms in total. The van der Waals surface area contributed by atoms with Crippen LogP contribution >= 0.6 is 0 Å². The number of nitrogens with zero attached hydrogens (tertiary/aromatic N) is 1. The van der Waals surface area contributed by atoms with Crippen molar-refractivity contribution in [3.05, 3.63) is 71.8 Å². The molecule has 0 aromatic heterocycles. The van der Waals surface area contributed by atoms with Crippen LogP contribution in [0, 0.1) is 0 Å². The van der Waals surface area contributed by atoms with Gasteiger partial charge in [0.1, 0.15) is 0 Å². The van der Waals surface area contributed by atoms with E-state index in [1.807, 2.05) is 36.4 Å². The summed E-state index contributed by atoms with van der Waals surface area (Å²) in [5.74, 6) is -0.0413. The zero-order valence-electron chi connectivity index (χ0n) is 17.5. The minimum Gasteiger partial charge on any atom is -0.391 e. The van der Waals surface area contributed by atoms with Crippen LogP contribution in [0.5, 0.6) is 0 Å². The predicted octanol–water partition coefficient (Wildman–Crippen LogP) is 2.99. The number of ether oxygens (including phenoxy) is 1. The van der Waals surface area contributed by atoms with Gasteiger partial charge < -0.3 is 15.2 Å². The molecule has 0 spiro atoms. The number of aliphatic hydroxyl groups is 1. The van der Waals surface area contributed by atoms with Gasteiger partial charge in [0.2, 0.25) is 0 Å². The first-order valence-corrected chi connectivity index (χ1v) is 11.1. The van der Waals surface area contributed by atoms with E-state index in [0.717, 1.165) is 52.0 Å². The monoisotopic (exact) mass is 408 g/mol. The van der Waals surface area contributed by atoms with Crippen LogP contribution in [0.15, 0.2) is 60.7 Å². The third-order valence-electron chi connectivity index (χ3n) is 6.81. The van der Waals surface area contributed by atoms with Gasteiger partial charge >= 0.3 is 0 Å². The summed E-state index contributed by atoms with van der Waals surface area (Å²) in [6.45, 7) is 3.81. The second-order valence-corrected chi connectivity index (χ2v) is 8.56. The highest BCUT2D eigenvalue weighted by Crippen LogP contribution is 2.39. The molecule has 30 heavy (non-hydrogen) atoms. The number of aliphatic hydroxyl groups excluding tert-OH is 1. The van der Waals surface area contributed by atoms with Crippen molar-refractivity contribution in [2.24, 2.45) is 0 Å². The summed E-state index contributed by atoms with van der Waals surface area (Å²) in [7, 11) is 0. The van der Waals surface area contributed by atoms with Gasteiger partial charge in [-0.3, -0.25) is 9.69 Å². The molecule has 1 amide bonds. The summed E-state index contributed by atoms with van der Waals surface area (Å²) in [6, 6.07) is 20.0. The fraction of sp³-hybridized carbons (Fsp3) is 0.480. The standard InChI is InChI=1S/C25H32N2O3/c28-23-12-14-25(21-9-5-2-6-10-21,13-11-22(23)27-15-17-30-18-16-27)19-26-24(29)20-7-3-1-4-8-20/h1-10,22-23,28H,11-19H2,(H,26,29)/t22-,23-,25-/m1/s1. The molecule has 2 aliphatic rings. The SMILES string of the molecule is O=C(NC[C@]1(c2ccccc2)CC[C@@H](O)[C@H](N2CCOCC2)CC1)c1ccccc1. The fourth-order valence-corrected chi connectivity index (χ4v) is 4.99. The number of hydrogen-bond acceptors (Lipinski definition) is 4. The largest absolute Gasteiger partial charge is 0.391 e. The average molecular weight is 409 g/mol. The highest BCUT2D eigenvalue weighted by atomic mass is 16.5. The van der Waals surface area contributed by atoms with E-state index < -0.39 is 0 Å². The normalized spacial score (nSPS) is 27.9. The lowest BCUT2D eigenvalue weighted by Gasteiger charge is -2.37. The molecule has 160 valence electrons. The van der Waals surface area contributed by atoms with Crippen LogP contribution in [0.4, 0.5) is 0 Å². The molecule has 1 aliphatic heterocycles. The van der Waals surface area contributed by atoms with Crippen LogP contribution in [-0.2, 0) is 10.2 Å². The van der Waals surface area contributed by atoms with Crippen LogP contribution in [0.2, 0.25) is 0 Å². The van der Waals surface area contributed by atoms with Gasteiger partial charge in [-0.25, -0.2) is 0 Å². The van der Waals surface area contributed by atoms with Crippen LogP contribution in [0.3, 0.4) is 0 Å². The van der Waals surface area contributed by atoms with E-state index in [1.165, 1.54) is 5.56 Å². The first kappa shape index (κ1) is 21.0. The Kier molecular flexibility index (Phi) is 6.82. The quantitative estimate of drug-likeness (QED) is 0.747. The van der Waals surface area contributed by atoms with E-state index in [1.54, 1.807) is 0 Å². The minimum atomic E-state index is -0.349. The van der Waals surface area contributed by atoms with Crippen molar-refractivity contribution < 1.29 is 14.6 Å².